The first kappa shape index (κ1) is 13.1. The lowest BCUT2D eigenvalue weighted by atomic mass is 10.2. The molecule has 2 nitrogen and oxygen atoms in total. The number of hydrogen-bond donors (Lipinski definition) is 1. The van der Waals surface area contributed by atoms with Gasteiger partial charge in [-0.3, -0.25) is 4.21 Å². The Morgan fingerprint density at radius 2 is 1.83 bits per heavy atom. The van der Waals surface area contributed by atoms with E-state index in [2.05, 4.69) is 0 Å². The van der Waals surface area contributed by atoms with Crippen LogP contribution in [-0.4, -0.2) is 4.21 Å². The molecule has 2 aromatic rings. The van der Waals surface area contributed by atoms with Gasteiger partial charge in [0.05, 0.1) is 22.2 Å². The molecular formula is C13H11ClFNOS. The van der Waals surface area contributed by atoms with Crippen molar-refractivity contribution in [3.63, 3.8) is 0 Å². The Hall–Kier alpha value is -1.39. The molecule has 1 atom stereocenters. The minimum Gasteiger partial charge on any atom is -0.396 e. The van der Waals surface area contributed by atoms with Gasteiger partial charge in [-0.15, -0.1) is 0 Å². The van der Waals surface area contributed by atoms with Crippen LogP contribution in [0, 0.1) is 5.82 Å². The van der Waals surface area contributed by atoms with Gasteiger partial charge in [0, 0.05) is 15.5 Å². The molecule has 2 aromatic carbocycles. The summed E-state index contributed by atoms with van der Waals surface area (Å²) in [4.78, 5) is 0.612. The van der Waals surface area contributed by atoms with Crippen LogP contribution in [0.3, 0.4) is 0 Å². The molecule has 0 radical (unpaired) electrons. The van der Waals surface area contributed by atoms with Gasteiger partial charge in [0.15, 0.2) is 0 Å². The molecule has 0 heterocycles. The van der Waals surface area contributed by atoms with Crippen LogP contribution in [0.15, 0.2) is 47.4 Å². The molecule has 0 aromatic heterocycles. The van der Waals surface area contributed by atoms with Gasteiger partial charge in [0.25, 0.3) is 0 Å². The number of hydrogen-bond acceptors (Lipinski definition) is 2. The molecule has 2 N–H and O–H groups in total. The van der Waals surface area contributed by atoms with Gasteiger partial charge < -0.3 is 5.73 Å². The van der Waals surface area contributed by atoms with E-state index < -0.39 is 16.6 Å². The second-order valence-electron chi connectivity index (χ2n) is 3.76. The van der Waals surface area contributed by atoms with Crippen molar-refractivity contribution in [2.45, 2.75) is 10.6 Å². The number of anilines is 1. The van der Waals surface area contributed by atoms with Gasteiger partial charge in [0.1, 0.15) is 5.82 Å². The molecular weight excluding hydrogens is 273 g/mol. The molecule has 18 heavy (non-hydrogen) atoms. The van der Waals surface area contributed by atoms with Gasteiger partial charge in [-0.2, -0.15) is 0 Å². The minimum absolute atomic E-state index is 0.0700. The Morgan fingerprint density at radius 1 is 1.17 bits per heavy atom. The maximum atomic E-state index is 13.7. The highest BCUT2D eigenvalue weighted by molar-refractivity contribution is 7.84. The third-order valence-electron chi connectivity index (χ3n) is 2.47. The SMILES string of the molecule is Nc1cccc(CS(=O)c2ccc(Cl)cc2)c1F. The maximum absolute atomic E-state index is 13.7. The first-order chi connectivity index (χ1) is 8.58. The van der Waals surface area contributed by atoms with Crippen molar-refractivity contribution in [1.29, 1.82) is 0 Å². The summed E-state index contributed by atoms with van der Waals surface area (Å²) in [5.41, 5.74) is 5.88. The molecule has 5 heteroatoms. The predicted octanol–water partition coefficient (Wildman–Crippen LogP) is 3.37. The molecule has 0 saturated heterocycles. The molecule has 94 valence electrons. The Bertz CT molecular complexity index is 586. The fourth-order valence-corrected chi connectivity index (χ4v) is 2.76. The molecule has 0 aliphatic carbocycles. The van der Waals surface area contributed by atoms with E-state index in [0.29, 0.717) is 15.5 Å². The number of rotatable bonds is 3. The second kappa shape index (κ2) is 5.50. The highest BCUT2D eigenvalue weighted by Crippen LogP contribution is 2.20. The largest absolute Gasteiger partial charge is 0.396 e. The topological polar surface area (TPSA) is 43.1 Å². The summed E-state index contributed by atoms with van der Waals surface area (Å²) < 4.78 is 25.7. The van der Waals surface area contributed by atoms with Gasteiger partial charge in [-0.25, -0.2) is 4.39 Å². The quantitative estimate of drug-likeness (QED) is 0.878. The molecule has 0 amide bonds. The van der Waals surface area contributed by atoms with E-state index in [9.17, 15) is 8.60 Å². The third-order valence-corrected chi connectivity index (χ3v) is 4.09. The first-order valence-electron chi connectivity index (χ1n) is 5.25. The Balaban J connectivity index is 2.21. The summed E-state index contributed by atoms with van der Waals surface area (Å²) in [6.07, 6.45) is 0. The first-order valence-corrected chi connectivity index (χ1v) is 6.94. The Morgan fingerprint density at radius 3 is 2.50 bits per heavy atom. The summed E-state index contributed by atoms with van der Waals surface area (Å²) in [5.74, 6) is -0.404. The average molecular weight is 284 g/mol. The Labute approximate surface area is 112 Å². The van der Waals surface area contributed by atoms with Crippen molar-refractivity contribution in [2.75, 3.05) is 5.73 Å². The van der Waals surface area contributed by atoms with Crippen LogP contribution in [0.1, 0.15) is 5.56 Å². The number of nitrogen functional groups attached to an aromatic ring is 1. The molecule has 1 unspecified atom stereocenters. The molecule has 0 aliphatic heterocycles. The zero-order valence-corrected chi connectivity index (χ0v) is 11.0. The fraction of sp³-hybridized carbons (Fsp3) is 0.0769. The summed E-state index contributed by atoms with van der Waals surface area (Å²) in [6, 6.07) is 11.4. The molecule has 0 fully saturated rings. The Kier molecular flexibility index (Phi) is 3.99. The number of nitrogens with two attached hydrogens (primary N) is 1. The normalized spacial score (nSPS) is 12.3. The molecule has 0 saturated carbocycles. The average Bonchev–Trinajstić information content (AvgIpc) is 2.36. The van der Waals surface area contributed by atoms with Gasteiger partial charge in [-0.05, 0) is 30.3 Å². The summed E-state index contributed by atoms with van der Waals surface area (Å²) >= 11 is 5.75. The highest BCUT2D eigenvalue weighted by Gasteiger charge is 2.10. The standard InChI is InChI=1S/C13H11ClFNOS/c14-10-4-6-11(7-5-10)18(17)8-9-2-1-3-12(16)13(9)15/h1-7H,8,16H2. The lowest BCUT2D eigenvalue weighted by Gasteiger charge is -2.05. The predicted molar refractivity (Wildman–Crippen MR) is 72.4 cm³/mol. The van der Waals surface area contributed by atoms with Crippen LogP contribution >= 0.6 is 11.6 Å². The number of halogens is 2. The van der Waals surface area contributed by atoms with Gasteiger partial charge in [-0.1, -0.05) is 23.7 Å². The lowest BCUT2D eigenvalue weighted by molar-refractivity contribution is 0.620. The van der Waals surface area contributed by atoms with E-state index in [1.807, 2.05) is 0 Å². The van der Waals surface area contributed by atoms with E-state index in [-0.39, 0.29) is 11.4 Å². The van der Waals surface area contributed by atoms with Crippen molar-refractivity contribution in [1.82, 2.24) is 0 Å². The van der Waals surface area contributed by atoms with Crippen molar-refractivity contribution in [3.05, 3.63) is 58.9 Å². The summed E-state index contributed by atoms with van der Waals surface area (Å²) in [5, 5.41) is 0.575. The van der Waals surface area contributed by atoms with Crippen LogP contribution in [0.2, 0.25) is 5.02 Å². The van der Waals surface area contributed by atoms with Crippen molar-refractivity contribution in [2.24, 2.45) is 0 Å². The summed E-state index contributed by atoms with van der Waals surface area (Å²) in [7, 11) is -1.32. The number of benzene rings is 2. The minimum atomic E-state index is -1.32. The lowest BCUT2D eigenvalue weighted by Crippen LogP contribution is -2.01. The highest BCUT2D eigenvalue weighted by atomic mass is 35.5. The van der Waals surface area contributed by atoms with E-state index in [4.69, 9.17) is 17.3 Å². The molecule has 2 rings (SSSR count). The molecule has 0 aliphatic rings. The van der Waals surface area contributed by atoms with Crippen LogP contribution in [0.25, 0.3) is 0 Å². The maximum Gasteiger partial charge on any atom is 0.150 e. The molecule has 0 spiro atoms. The smallest absolute Gasteiger partial charge is 0.150 e. The van der Waals surface area contributed by atoms with E-state index >= 15 is 0 Å². The van der Waals surface area contributed by atoms with E-state index in [1.54, 1.807) is 36.4 Å². The van der Waals surface area contributed by atoms with E-state index in [1.165, 1.54) is 6.07 Å². The van der Waals surface area contributed by atoms with Crippen LogP contribution in [0.5, 0.6) is 0 Å². The van der Waals surface area contributed by atoms with Crippen molar-refractivity contribution >= 4 is 28.1 Å². The fourth-order valence-electron chi connectivity index (χ4n) is 1.52. The van der Waals surface area contributed by atoms with Crippen LogP contribution in [0.4, 0.5) is 10.1 Å². The van der Waals surface area contributed by atoms with Crippen LogP contribution in [-0.2, 0) is 16.6 Å². The third kappa shape index (κ3) is 2.89. The summed E-state index contributed by atoms with van der Waals surface area (Å²) in [6.45, 7) is 0. The van der Waals surface area contributed by atoms with E-state index in [0.717, 1.165) is 0 Å². The second-order valence-corrected chi connectivity index (χ2v) is 5.65. The monoisotopic (exact) mass is 283 g/mol. The van der Waals surface area contributed by atoms with Gasteiger partial charge >= 0.3 is 0 Å². The zero-order valence-electron chi connectivity index (χ0n) is 9.40. The van der Waals surface area contributed by atoms with Gasteiger partial charge in [0.2, 0.25) is 0 Å². The van der Waals surface area contributed by atoms with Crippen molar-refractivity contribution < 1.29 is 8.60 Å². The van der Waals surface area contributed by atoms with Crippen LogP contribution < -0.4 is 5.73 Å². The molecule has 0 bridgehead atoms. The van der Waals surface area contributed by atoms with Crippen molar-refractivity contribution in [3.8, 4) is 0 Å². The zero-order chi connectivity index (χ0) is 13.1.